The van der Waals surface area contributed by atoms with Crippen molar-refractivity contribution in [2.45, 2.75) is 36.4 Å². The number of benzene rings is 1. The number of para-hydroxylation sites is 1. The fourth-order valence-electron chi connectivity index (χ4n) is 2.05. The number of anilines is 1. The van der Waals surface area contributed by atoms with Crippen LogP contribution in [-0.4, -0.2) is 26.9 Å². The van der Waals surface area contributed by atoms with Crippen LogP contribution in [0, 0.1) is 5.82 Å². The smallest absolute Gasteiger partial charge is 0.251 e. The van der Waals surface area contributed by atoms with Gasteiger partial charge in [0.25, 0.3) is 5.56 Å². The number of aromatic amines is 1. The topological polar surface area (TPSA) is 74.8 Å². The first-order chi connectivity index (χ1) is 12.0. The van der Waals surface area contributed by atoms with Crippen LogP contribution in [0.2, 0.25) is 0 Å². The van der Waals surface area contributed by atoms with Gasteiger partial charge in [0.2, 0.25) is 5.91 Å². The fraction of sp³-hybridized carbons (Fsp3) is 0.353. The van der Waals surface area contributed by atoms with E-state index in [1.165, 1.54) is 30.0 Å². The largest absolute Gasteiger partial charge is 0.323 e. The van der Waals surface area contributed by atoms with Gasteiger partial charge < -0.3 is 10.3 Å². The molecule has 0 spiro atoms. The Kier molecular flexibility index (Phi) is 7.52. The average molecular weight is 381 g/mol. The highest BCUT2D eigenvalue weighted by Gasteiger charge is 2.20. The molecule has 0 fully saturated rings. The lowest BCUT2D eigenvalue weighted by molar-refractivity contribution is -0.115. The van der Waals surface area contributed by atoms with Gasteiger partial charge in [0.05, 0.1) is 16.6 Å². The monoisotopic (exact) mass is 381 g/mol. The van der Waals surface area contributed by atoms with E-state index in [2.05, 4.69) is 15.3 Å². The summed E-state index contributed by atoms with van der Waals surface area (Å²) in [7, 11) is 0. The lowest BCUT2D eigenvalue weighted by atomic mass is 10.2. The van der Waals surface area contributed by atoms with Crippen LogP contribution in [0.5, 0.6) is 0 Å². The van der Waals surface area contributed by atoms with Crippen LogP contribution in [0.15, 0.2) is 40.3 Å². The van der Waals surface area contributed by atoms with Gasteiger partial charge in [-0.2, -0.15) is 11.8 Å². The van der Waals surface area contributed by atoms with Crippen molar-refractivity contribution < 1.29 is 9.18 Å². The number of nitrogens with zero attached hydrogens (tertiary/aromatic N) is 1. The highest BCUT2D eigenvalue weighted by Crippen LogP contribution is 2.24. The maximum absolute atomic E-state index is 13.7. The second kappa shape index (κ2) is 9.62. The van der Waals surface area contributed by atoms with Crippen LogP contribution < -0.4 is 10.9 Å². The first kappa shape index (κ1) is 19.5. The Bertz CT molecular complexity index is 782. The van der Waals surface area contributed by atoms with E-state index < -0.39 is 11.1 Å². The molecule has 25 heavy (non-hydrogen) atoms. The zero-order valence-electron chi connectivity index (χ0n) is 14.0. The number of halogens is 1. The van der Waals surface area contributed by atoms with Crippen molar-refractivity contribution in [3.05, 3.63) is 52.2 Å². The minimum atomic E-state index is -0.489. The van der Waals surface area contributed by atoms with Crippen molar-refractivity contribution >= 4 is 35.1 Å². The number of rotatable bonds is 8. The summed E-state index contributed by atoms with van der Waals surface area (Å²) in [5.74, 6) is 0.764. The second-order valence-corrected chi connectivity index (χ2v) is 7.63. The van der Waals surface area contributed by atoms with Crippen molar-refractivity contribution in [1.82, 2.24) is 9.97 Å². The molecule has 1 aromatic heterocycles. The molecule has 134 valence electrons. The van der Waals surface area contributed by atoms with Crippen LogP contribution in [0.1, 0.15) is 26.0 Å². The Hall–Kier alpha value is -1.80. The third kappa shape index (κ3) is 5.89. The molecule has 1 atom stereocenters. The van der Waals surface area contributed by atoms with Gasteiger partial charge in [-0.05, 0) is 24.3 Å². The Labute approximate surface area is 154 Å². The van der Waals surface area contributed by atoms with E-state index in [0.717, 1.165) is 5.75 Å². The quantitative estimate of drug-likeness (QED) is 0.539. The summed E-state index contributed by atoms with van der Waals surface area (Å²) in [6.45, 7) is 3.89. The number of nitrogens with one attached hydrogen (secondary N) is 2. The van der Waals surface area contributed by atoms with Crippen LogP contribution in [0.3, 0.4) is 0 Å². The molecular weight excluding hydrogens is 361 g/mol. The van der Waals surface area contributed by atoms with E-state index >= 15 is 0 Å². The average Bonchev–Trinajstić information content (AvgIpc) is 2.59. The maximum atomic E-state index is 13.7. The van der Waals surface area contributed by atoms with Crippen molar-refractivity contribution in [1.29, 1.82) is 0 Å². The van der Waals surface area contributed by atoms with E-state index in [-0.39, 0.29) is 17.2 Å². The number of hydrogen-bond donors (Lipinski definition) is 2. The van der Waals surface area contributed by atoms with E-state index in [1.54, 1.807) is 23.9 Å². The summed E-state index contributed by atoms with van der Waals surface area (Å²) in [6, 6.07) is 7.48. The Morgan fingerprint density at radius 1 is 1.36 bits per heavy atom. The van der Waals surface area contributed by atoms with Crippen LogP contribution in [0.25, 0.3) is 0 Å². The Morgan fingerprint density at radius 2 is 2.12 bits per heavy atom. The standard InChI is InChI=1S/C17H20FN3O2S2/c1-3-14(16(23)20-13-8-6-5-7-12(13)18)25-17-19-11(10-24-4-2)9-15(22)21-17/h5-9,14H,3-4,10H2,1-2H3,(H,20,23)(H,19,21,22). The van der Waals surface area contributed by atoms with Crippen LogP contribution in [0.4, 0.5) is 10.1 Å². The fourth-order valence-corrected chi connectivity index (χ4v) is 3.55. The van der Waals surface area contributed by atoms with Crippen molar-refractivity contribution in [3.8, 4) is 0 Å². The van der Waals surface area contributed by atoms with Crippen molar-refractivity contribution in [2.75, 3.05) is 11.1 Å². The third-order valence-corrected chi connectivity index (χ3v) is 5.43. The normalized spacial score (nSPS) is 12.0. The molecule has 0 saturated carbocycles. The molecule has 1 amide bonds. The predicted molar refractivity (Wildman–Crippen MR) is 102 cm³/mol. The van der Waals surface area contributed by atoms with Gasteiger partial charge in [-0.25, -0.2) is 9.37 Å². The summed E-state index contributed by atoms with van der Waals surface area (Å²) < 4.78 is 13.7. The summed E-state index contributed by atoms with van der Waals surface area (Å²) in [5.41, 5.74) is 0.581. The van der Waals surface area contributed by atoms with E-state index in [9.17, 15) is 14.0 Å². The maximum Gasteiger partial charge on any atom is 0.251 e. The van der Waals surface area contributed by atoms with Crippen LogP contribution in [-0.2, 0) is 10.5 Å². The zero-order chi connectivity index (χ0) is 18.2. The molecule has 0 bridgehead atoms. The van der Waals surface area contributed by atoms with Gasteiger partial charge in [-0.1, -0.05) is 37.7 Å². The van der Waals surface area contributed by atoms with Crippen molar-refractivity contribution in [3.63, 3.8) is 0 Å². The molecule has 1 unspecified atom stereocenters. The molecule has 0 aliphatic heterocycles. The van der Waals surface area contributed by atoms with Gasteiger partial charge in [0.1, 0.15) is 5.82 Å². The van der Waals surface area contributed by atoms with Gasteiger partial charge >= 0.3 is 0 Å². The molecule has 0 saturated heterocycles. The molecule has 1 aromatic carbocycles. The number of H-pyrrole nitrogens is 1. The SMILES string of the molecule is CCSCc1cc(=O)[nH]c(SC(CC)C(=O)Nc2ccccc2F)n1. The Balaban J connectivity index is 2.11. The van der Waals surface area contributed by atoms with Gasteiger partial charge in [0, 0.05) is 11.8 Å². The van der Waals surface area contributed by atoms with Gasteiger partial charge in [0.15, 0.2) is 5.16 Å². The predicted octanol–water partition coefficient (Wildman–Crippen LogP) is 3.67. The van der Waals surface area contributed by atoms with Crippen LogP contribution >= 0.6 is 23.5 Å². The number of thioether (sulfide) groups is 2. The molecule has 2 rings (SSSR count). The van der Waals surface area contributed by atoms with E-state index in [1.807, 2.05) is 13.8 Å². The first-order valence-electron chi connectivity index (χ1n) is 7.93. The Morgan fingerprint density at radius 3 is 2.80 bits per heavy atom. The third-order valence-electron chi connectivity index (χ3n) is 3.28. The summed E-state index contributed by atoms with van der Waals surface area (Å²) in [5, 5.41) is 2.50. The van der Waals surface area contributed by atoms with Gasteiger partial charge in [-0.3, -0.25) is 9.59 Å². The molecule has 0 aliphatic rings. The van der Waals surface area contributed by atoms with Gasteiger partial charge in [-0.15, -0.1) is 0 Å². The lowest BCUT2D eigenvalue weighted by Gasteiger charge is -2.14. The summed E-state index contributed by atoms with van der Waals surface area (Å²) in [6.07, 6.45) is 0.516. The summed E-state index contributed by atoms with van der Waals surface area (Å²) >= 11 is 2.84. The minimum absolute atomic E-state index is 0.140. The minimum Gasteiger partial charge on any atom is -0.323 e. The van der Waals surface area contributed by atoms with E-state index in [4.69, 9.17) is 0 Å². The molecular formula is C17H20FN3O2S2. The highest BCUT2D eigenvalue weighted by molar-refractivity contribution is 8.00. The molecule has 8 heteroatoms. The molecule has 2 aromatic rings. The number of carbonyl (C=O) groups excluding carboxylic acids is 1. The number of amides is 1. The molecule has 0 radical (unpaired) electrons. The molecule has 0 aliphatic carbocycles. The number of aromatic nitrogens is 2. The molecule has 2 N–H and O–H groups in total. The lowest BCUT2D eigenvalue weighted by Crippen LogP contribution is -2.25. The molecule has 5 nitrogen and oxygen atoms in total. The van der Waals surface area contributed by atoms with Crippen molar-refractivity contribution in [2.24, 2.45) is 0 Å². The number of hydrogen-bond acceptors (Lipinski definition) is 5. The summed E-state index contributed by atoms with van der Waals surface area (Å²) in [4.78, 5) is 31.3. The second-order valence-electron chi connectivity index (χ2n) is 5.16. The highest BCUT2D eigenvalue weighted by atomic mass is 32.2. The molecule has 1 heterocycles. The zero-order valence-corrected chi connectivity index (χ0v) is 15.7. The van der Waals surface area contributed by atoms with E-state index in [0.29, 0.717) is 23.0 Å². The first-order valence-corrected chi connectivity index (χ1v) is 9.97. The number of carbonyl (C=O) groups is 1.